The van der Waals surface area contributed by atoms with E-state index in [1.165, 1.54) is 24.5 Å². The molecule has 0 saturated carbocycles. The molecular weight excluding hydrogens is 348 g/mol. The summed E-state index contributed by atoms with van der Waals surface area (Å²) in [5.41, 5.74) is 1.66. The van der Waals surface area contributed by atoms with Gasteiger partial charge in [0.2, 0.25) is 0 Å². The molecule has 24 heavy (non-hydrogen) atoms. The largest absolute Gasteiger partial charge is 0.298 e. The summed E-state index contributed by atoms with van der Waals surface area (Å²) in [7, 11) is 0. The Labute approximate surface area is 147 Å². The average Bonchev–Trinajstić information content (AvgIpc) is 3.19. The van der Waals surface area contributed by atoms with Crippen molar-refractivity contribution in [3.63, 3.8) is 0 Å². The molecule has 0 aliphatic heterocycles. The van der Waals surface area contributed by atoms with Crippen molar-refractivity contribution in [2.45, 2.75) is 13.5 Å². The molecule has 1 amide bonds. The predicted molar refractivity (Wildman–Crippen MR) is 92.9 cm³/mol. The summed E-state index contributed by atoms with van der Waals surface area (Å²) in [6.45, 7) is 1.90. The SMILES string of the molecule is CC(=O)c1csc(NC(=O)c2cnn(Cc3ccccc3Cl)c2)n1. The first kappa shape index (κ1) is 16.4. The number of carbonyl (C=O) groups is 2. The second kappa shape index (κ2) is 6.94. The quantitative estimate of drug-likeness (QED) is 0.706. The molecule has 0 aliphatic rings. The standard InChI is InChI=1S/C16H13ClN4O2S/c1-10(22)14-9-24-16(19-14)20-15(23)12-6-18-21(8-12)7-11-4-2-3-5-13(11)17/h2-6,8-9H,7H2,1H3,(H,19,20,23). The molecular formula is C16H13ClN4O2S. The van der Waals surface area contributed by atoms with E-state index in [-0.39, 0.29) is 11.7 Å². The fraction of sp³-hybridized carbons (Fsp3) is 0.125. The molecule has 1 N–H and O–H groups in total. The molecule has 0 unspecified atom stereocenters. The number of nitrogens with zero attached hydrogens (tertiary/aromatic N) is 3. The van der Waals surface area contributed by atoms with Gasteiger partial charge >= 0.3 is 0 Å². The van der Waals surface area contributed by atoms with Gasteiger partial charge in [-0.3, -0.25) is 19.6 Å². The highest BCUT2D eigenvalue weighted by Gasteiger charge is 2.13. The van der Waals surface area contributed by atoms with Crippen LogP contribution in [0.25, 0.3) is 0 Å². The number of amides is 1. The van der Waals surface area contributed by atoms with E-state index in [4.69, 9.17) is 11.6 Å². The molecule has 122 valence electrons. The molecule has 0 radical (unpaired) electrons. The van der Waals surface area contributed by atoms with Gasteiger partial charge in [-0.05, 0) is 11.6 Å². The molecule has 1 aromatic carbocycles. The minimum atomic E-state index is -0.329. The van der Waals surface area contributed by atoms with Crippen molar-refractivity contribution in [1.29, 1.82) is 0 Å². The molecule has 0 spiro atoms. The molecule has 6 nitrogen and oxygen atoms in total. The minimum Gasteiger partial charge on any atom is -0.298 e. The fourth-order valence-electron chi connectivity index (χ4n) is 2.03. The van der Waals surface area contributed by atoms with Crippen LogP contribution in [0.3, 0.4) is 0 Å². The summed E-state index contributed by atoms with van der Waals surface area (Å²) >= 11 is 7.33. The topological polar surface area (TPSA) is 76.9 Å². The van der Waals surface area contributed by atoms with Gasteiger partial charge < -0.3 is 0 Å². The number of carbonyl (C=O) groups excluding carboxylic acids is 2. The van der Waals surface area contributed by atoms with Crippen LogP contribution in [-0.2, 0) is 6.54 Å². The van der Waals surface area contributed by atoms with E-state index in [0.717, 1.165) is 5.56 Å². The lowest BCUT2D eigenvalue weighted by Crippen LogP contribution is -2.11. The van der Waals surface area contributed by atoms with Crippen molar-refractivity contribution in [3.8, 4) is 0 Å². The molecule has 2 aromatic heterocycles. The Kier molecular flexibility index (Phi) is 4.73. The van der Waals surface area contributed by atoms with Gasteiger partial charge in [0.25, 0.3) is 5.91 Å². The van der Waals surface area contributed by atoms with Gasteiger partial charge in [-0.25, -0.2) is 4.98 Å². The molecule has 0 bridgehead atoms. The molecule has 3 aromatic rings. The Hall–Kier alpha value is -2.51. The number of aromatic nitrogens is 3. The Morgan fingerprint density at radius 1 is 1.33 bits per heavy atom. The summed E-state index contributed by atoms with van der Waals surface area (Å²) in [6, 6.07) is 7.47. The summed E-state index contributed by atoms with van der Waals surface area (Å²) < 4.78 is 1.64. The lowest BCUT2D eigenvalue weighted by molar-refractivity contribution is 0.100. The fourth-order valence-corrected chi connectivity index (χ4v) is 2.97. The first-order valence-corrected chi connectivity index (χ1v) is 8.32. The lowest BCUT2D eigenvalue weighted by atomic mass is 10.2. The van der Waals surface area contributed by atoms with Gasteiger partial charge in [0.15, 0.2) is 10.9 Å². The number of rotatable bonds is 5. The minimum absolute atomic E-state index is 0.140. The maximum absolute atomic E-state index is 12.2. The highest BCUT2D eigenvalue weighted by atomic mass is 35.5. The summed E-state index contributed by atoms with van der Waals surface area (Å²) in [6.07, 6.45) is 3.11. The molecule has 0 atom stereocenters. The maximum Gasteiger partial charge on any atom is 0.260 e. The van der Waals surface area contributed by atoms with E-state index in [1.807, 2.05) is 24.3 Å². The van der Waals surface area contributed by atoms with Crippen LogP contribution in [-0.4, -0.2) is 26.5 Å². The molecule has 8 heteroatoms. The van der Waals surface area contributed by atoms with E-state index in [9.17, 15) is 9.59 Å². The second-order valence-electron chi connectivity index (χ2n) is 5.07. The van der Waals surface area contributed by atoms with Gasteiger partial charge in [-0.2, -0.15) is 5.10 Å². The Morgan fingerprint density at radius 2 is 2.12 bits per heavy atom. The number of benzene rings is 1. The van der Waals surface area contributed by atoms with Crippen LogP contribution in [0, 0.1) is 0 Å². The average molecular weight is 361 g/mol. The number of nitrogens with one attached hydrogen (secondary N) is 1. The number of thiazole rings is 1. The Balaban J connectivity index is 1.69. The second-order valence-corrected chi connectivity index (χ2v) is 6.33. The zero-order valence-electron chi connectivity index (χ0n) is 12.7. The highest BCUT2D eigenvalue weighted by Crippen LogP contribution is 2.18. The Bertz CT molecular complexity index is 903. The van der Waals surface area contributed by atoms with Crippen molar-refractivity contribution in [2.24, 2.45) is 0 Å². The monoisotopic (exact) mass is 360 g/mol. The molecule has 3 rings (SSSR count). The van der Waals surface area contributed by atoms with Gasteiger partial charge in [0, 0.05) is 23.5 Å². The third-order valence-electron chi connectivity index (χ3n) is 3.27. The van der Waals surface area contributed by atoms with Gasteiger partial charge in [0.1, 0.15) is 5.69 Å². The zero-order valence-corrected chi connectivity index (χ0v) is 14.3. The van der Waals surface area contributed by atoms with Crippen molar-refractivity contribution >= 4 is 39.8 Å². The Morgan fingerprint density at radius 3 is 2.83 bits per heavy atom. The van der Waals surface area contributed by atoms with Crippen LogP contribution in [0.1, 0.15) is 33.3 Å². The molecule has 0 saturated heterocycles. The molecule has 0 aliphatic carbocycles. The van der Waals surface area contributed by atoms with Crippen LogP contribution in [0.2, 0.25) is 5.02 Å². The van der Waals surface area contributed by atoms with Crippen LogP contribution in [0.5, 0.6) is 0 Å². The summed E-state index contributed by atoms with van der Waals surface area (Å²) in [5.74, 6) is -0.468. The first-order chi connectivity index (χ1) is 11.5. The molecule has 2 heterocycles. The number of hydrogen-bond acceptors (Lipinski definition) is 5. The lowest BCUT2D eigenvalue weighted by Gasteiger charge is -2.03. The van der Waals surface area contributed by atoms with E-state index in [1.54, 1.807) is 16.3 Å². The van der Waals surface area contributed by atoms with E-state index in [0.29, 0.717) is 28.0 Å². The zero-order chi connectivity index (χ0) is 17.1. The highest BCUT2D eigenvalue weighted by molar-refractivity contribution is 7.14. The maximum atomic E-state index is 12.2. The van der Waals surface area contributed by atoms with Gasteiger partial charge in [-0.1, -0.05) is 29.8 Å². The first-order valence-electron chi connectivity index (χ1n) is 7.06. The number of Topliss-reactive ketones (excluding diaryl/α,β-unsaturated/α-hetero) is 1. The number of halogens is 1. The van der Waals surface area contributed by atoms with Crippen molar-refractivity contribution in [1.82, 2.24) is 14.8 Å². The molecule has 0 fully saturated rings. The third kappa shape index (κ3) is 3.69. The summed E-state index contributed by atoms with van der Waals surface area (Å²) in [4.78, 5) is 27.5. The number of anilines is 1. The third-order valence-corrected chi connectivity index (χ3v) is 4.40. The number of hydrogen-bond donors (Lipinski definition) is 1. The van der Waals surface area contributed by atoms with Crippen molar-refractivity contribution in [2.75, 3.05) is 5.32 Å². The number of ketones is 1. The van der Waals surface area contributed by atoms with E-state index >= 15 is 0 Å². The van der Waals surface area contributed by atoms with Crippen LogP contribution in [0.15, 0.2) is 42.0 Å². The van der Waals surface area contributed by atoms with Crippen LogP contribution >= 0.6 is 22.9 Å². The van der Waals surface area contributed by atoms with Crippen LogP contribution in [0.4, 0.5) is 5.13 Å². The van der Waals surface area contributed by atoms with E-state index in [2.05, 4.69) is 15.4 Å². The summed E-state index contributed by atoms with van der Waals surface area (Å²) in [5, 5.41) is 9.47. The van der Waals surface area contributed by atoms with Gasteiger partial charge in [0.05, 0.1) is 18.3 Å². The van der Waals surface area contributed by atoms with Crippen LogP contribution < -0.4 is 5.32 Å². The van der Waals surface area contributed by atoms with E-state index < -0.39 is 0 Å². The van der Waals surface area contributed by atoms with Gasteiger partial charge in [-0.15, -0.1) is 11.3 Å². The smallest absolute Gasteiger partial charge is 0.260 e. The van der Waals surface area contributed by atoms with Crippen molar-refractivity contribution < 1.29 is 9.59 Å². The van der Waals surface area contributed by atoms with Crippen molar-refractivity contribution in [3.05, 3.63) is 63.9 Å². The predicted octanol–water partition coefficient (Wildman–Crippen LogP) is 3.50. The normalized spacial score (nSPS) is 10.6.